The highest BCUT2D eigenvalue weighted by molar-refractivity contribution is 5.91. The SMILES string of the molecule is COCCN(c1nc(-c2cccnc2)nc2ccccc12)C1CC1. The molecule has 0 N–H and O–H groups in total. The van der Waals surface area contributed by atoms with Gasteiger partial charge in [-0.1, -0.05) is 12.1 Å². The normalized spacial score (nSPS) is 14.0. The van der Waals surface area contributed by atoms with Crippen LogP contribution in [0.2, 0.25) is 0 Å². The first-order valence-corrected chi connectivity index (χ1v) is 8.29. The summed E-state index contributed by atoms with van der Waals surface area (Å²) in [6, 6.07) is 12.7. The van der Waals surface area contributed by atoms with E-state index < -0.39 is 0 Å². The molecule has 5 heteroatoms. The van der Waals surface area contributed by atoms with E-state index in [-0.39, 0.29) is 0 Å². The average molecular weight is 320 g/mol. The standard InChI is InChI=1S/C19H20N4O/c1-24-12-11-23(15-8-9-15)19-16-6-2-3-7-17(16)21-18(22-19)14-5-4-10-20-13-14/h2-7,10,13,15H,8-9,11-12H2,1H3. The van der Waals surface area contributed by atoms with Gasteiger partial charge in [0.2, 0.25) is 0 Å². The van der Waals surface area contributed by atoms with Crippen LogP contribution in [0.25, 0.3) is 22.3 Å². The van der Waals surface area contributed by atoms with E-state index in [9.17, 15) is 0 Å². The number of methoxy groups -OCH3 is 1. The van der Waals surface area contributed by atoms with Crippen LogP contribution < -0.4 is 4.90 Å². The van der Waals surface area contributed by atoms with Crippen LogP contribution in [0.15, 0.2) is 48.8 Å². The van der Waals surface area contributed by atoms with E-state index in [2.05, 4.69) is 16.0 Å². The van der Waals surface area contributed by atoms with Crippen LogP contribution in [-0.2, 0) is 4.74 Å². The molecule has 122 valence electrons. The van der Waals surface area contributed by atoms with Gasteiger partial charge in [-0.05, 0) is 37.1 Å². The number of rotatable bonds is 6. The molecule has 1 aliphatic carbocycles. The number of ether oxygens (including phenoxy) is 1. The Bertz CT molecular complexity index is 833. The summed E-state index contributed by atoms with van der Waals surface area (Å²) in [5.74, 6) is 1.72. The molecule has 0 aliphatic heterocycles. The number of fused-ring (bicyclic) bond motifs is 1. The number of hydrogen-bond acceptors (Lipinski definition) is 5. The summed E-state index contributed by atoms with van der Waals surface area (Å²) in [5, 5.41) is 1.09. The highest BCUT2D eigenvalue weighted by atomic mass is 16.5. The van der Waals surface area contributed by atoms with Crippen molar-refractivity contribution in [2.45, 2.75) is 18.9 Å². The summed E-state index contributed by atoms with van der Waals surface area (Å²) in [4.78, 5) is 16.2. The van der Waals surface area contributed by atoms with Crippen LogP contribution in [0.4, 0.5) is 5.82 Å². The maximum absolute atomic E-state index is 5.30. The van der Waals surface area contributed by atoms with Crippen LogP contribution in [0.3, 0.4) is 0 Å². The van der Waals surface area contributed by atoms with E-state index in [1.807, 2.05) is 36.5 Å². The van der Waals surface area contributed by atoms with Gasteiger partial charge < -0.3 is 9.64 Å². The summed E-state index contributed by atoms with van der Waals surface area (Å²) >= 11 is 0. The summed E-state index contributed by atoms with van der Waals surface area (Å²) in [7, 11) is 1.74. The monoisotopic (exact) mass is 320 g/mol. The third kappa shape index (κ3) is 2.95. The quantitative estimate of drug-likeness (QED) is 0.697. The van der Waals surface area contributed by atoms with Gasteiger partial charge in [-0.3, -0.25) is 4.98 Å². The van der Waals surface area contributed by atoms with E-state index >= 15 is 0 Å². The van der Waals surface area contributed by atoms with Gasteiger partial charge in [0.1, 0.15) is 5.82 Å². The molecule has 1 aromatic carbocycles. The zero-order valence-electron chi connectivity index (χ0n) is 13.7. The molecule has 24 heavy (non-hydrogen) atoms. The largest absolute Gasteiger partial charge is 0.383 e. The first kappa shape index (κ1) is 15.0. The Labute approximate surface area is 141 Å². The maximum atomic E-state index is 5.30. The van der Waals surface area contributed by atoms with E-state index in [1.165, 1.54) is 12.8 Å². The Balaban J connectivity index is 1.85. The fourth-order valence-electron chi connectivity index (χ4n) is 2.94. The second kappa shape index (κ2) is 6.53. The van der Waals surface area contributed by atoms with E-state index in [0.29, 0.717) is 12.6 Å². The number of pyridine rings is 1. The molecule has 0 bridgehead atoms. The van der Waals surface area contributed by atoms with Crippen molar-refractivity contribution in [1.29, 1.82) is 0 Å². The topological polar surface area (TPSA) is 51.1 Å². The van der Waals surface area contributed by atoms with Crippen LogP contribution in [0, 0.1) is 0 Å². The molecule has 0 amide bonds. The molecule has 0 atom stereocenters. The average Bonchev–Trinajstić information content (AvgIpc) is 3.47. The van der Waals surface area contributed by atoms with E-state index in [0.717, 1.165) is 34.7 Å². The van der Waals surface area contributed by atoms with Crippen molar-refractivity contribution in [3.63, 3.8) is 0 Å². The number of aromatic nitrogens is 3. The van der Waals surface area contributed by atoms with Crippen molar-refractivity contribution in [2.75, 3.05) is 25.2 Å². The predicted octanol–water partition coefficient (Wildman–Crippen LogP) is 3.31. The van der Waals surface area contributed by atoms with Gasteiger partial charge >= 0.3 is 0 Å². The molecular weight excluding hydrogens is 300 g/mol. The Morgan fingerprint density at radius 3 is 2.75 bits per heavy atom. The Morgan fingerprint density at radius 2 is 2.00 bits per heavy atom. The summed E-state index contributed by atoms with van der Waals surface area (Å²) in [5.41, 5.74) is 1.90. The van der Waals surface area contributed by atoms with Crippen molar-refractivity contribution in [3.8, 4) is 11.4 Å². The zero-order valence-corrected chi connectivity index (χ0v) is 13.7. The lowest BCUT2D eigenvalue weighted by molar-refractivity contribution is 0.205. The van der Waals surface area contributed by atoms with Gasteiger partial charge in [0.25, 0.3) is 0 Å². The molecule has 0 spiro atoms. The van der Waals surface area contributed by atoms with Crippen molar-refractivity contribution < 1.29 is 4.74 Å². The van der Waals surface area contributed by atoms with Crippen molar-refractivity contribution >= 4 is 16.7 Å². The summed E-state index contributed by atoms with van der Waals surface area (Å²) in [6.07, 6.45) is 6.00. The molecule has 0 radical (unpaired) electrons. The molecule has 5 nitrogen and oxygen atoms in total. The van der Waals surface area contributed by atoms with Crippen molar-refractivity contribution in [3.05, 3.63) is 48.8 Å². The van der Waals surface area contributed by atoms with Crippen LogP contribution in [0.5, 0.6) is 0 Å². The van der Waals surface area contributed by atoms with Gasteiger partial charge in [-0.15, -0.1) is 0 Å². The molecule has 0 saturated heterocycles. The lowest BCUT2D eigenvalue weighted by Crippen LogP contribution is -2.30. The van der Waals surface area contributed by atoms with E-state index in [4.69, 9.17) is 14.7 Å². The third-order valence-corrected chi connectivity index (χ3v) is 4.30. The molecule has 2 aromatic heterocycles. The van der Waals surface area contributed by atoms with Gasteiger partial charge in [0, 0.05) is 43.0 Å². The second-order valence-electron chi connectivity index (χ2n) is 6.05. The van der Waals surface area contributed by atoms with Gasteiger partial charge in [-0.25, -0.2) is 9.97 Å². The Morgan fingerprint density at radius 1 is 1.12 bits per heavy atom. The highest BCUT2D eigenvalue weighted by Gasteiger charge is 2.31. The number of benzene rings is 1. The molecule has 3 aromatic rings. The minimum atomic E-state index is 0.556. The van der Waals surface area contributed by atoms with Gasteiger partial charge in [0.05, 0.1) is 12.1 Å². The molecule has 1 saturated carbocycles. The Kier molecular flexibility index (Phi) is 4.09. The fourth-order valence-corrected chi connectivity index (χ4v) is 2.94. The number of para-hydroxylation sites is 1. The van der Waals surface area contributed by atoms with Crippen LogP contribution in [-0.4, -0.2) is 41.3 Å². The first-order chi connectivity index (χ1) is 11.9. The van der Waals surface area contributed by atoms with Gasteiger partial charge in [-0.2, -0.15) is 0 Å². The number of hydrogen-bond donors (Lipinski definition) is 0. The number of anilines is 1. The summed E-state index contributed by atoms with van der Waals surface area (Å²) in [6.45, 7) is 1.53. The minimum Gasteiger partial charge on any atom is -0.383 e. The zero-order chi connectivity index (χ0) is 16.4. The highest BCUT2D eigenvalue weighted by Crippen LogP contribution is 2.35. The molecule has 1 aliphatic rings. The lowest BCUT2D eigenvalue weighted by atomic mass is 10.2. The van der Waals surface area contributed by atoms with Crippen molar-refractivity contribution in [2.24, 2.45) is 0 Å². The minimum absolute atomic E-state index is 0.556. The van der Waals surface area contributed by atoms with Crippen molar-refractivity contribution in [1.82, 2.24) is 15.0 Å². The molecular formula is C19H20N4O. The molecule has 0 unspecified atom stereocenters. The van der Waals surface area contributed by atoms with E-state index in [1.54, 1.807) is 13.3 Å². The number of nitrogens with zero attached hydrogens (tertiary/aromatic N) is 4. The molecule has 1 fully saturated rings. The summed E-state index contributed by atoms with van der Waals surface area (Å²) < 4.78 is 5.30. The molecule has 4 rings (SSSR count). The third-order valence-electron chi connectivity index (χ3n) is 4.30. The first-order valence-electron chi connectivity index (χ1n) is 8.29. The Hall–Kier alpha value is -2.53. The van der Waals surface area contributed by atoms with Crippen LogP contribution >= 0.6 is 0 Å². The van der Waals surface area contributed by atoms with Crippen LogP contribution in [0.1, 0.15) is 12.8 Å². The fraction of sp³-hybridized carbons (Fsp3) is 0.316. The predicted molar refractivity (Wildman–Crippen MR) is 95.0 cm³/mol. The second-order valence-corrected chi connectivity index (χ2v) is 6.05. The van der Waals surface area contributed by atoms with Gasteiger partial charge in [0.15, 0.2) is 5.82 Å². The lowest BCUT2D eigenvalue weighted by Gasteiger charge is -2.25. The molecule has 2 heterocycles. The smallest absolute Gasteiger partial charge is 0.163 e. The maximum Gasteiger partial charge on any atom is 0.163 e.